The highest BCUT2D eigenvalue weighted by molar-refractivity contribution is 5.96. The maximum atomic E-state index is 12.7. The predicted molar refractivity (Wildman–Crippen MR) is 105 cm³/mol. The van der Waals surface area contributed by atoms with E-state index < -0.39 is 11.0 Å². The number of methoxy groups -OCH3 is 1. The van der Waals surface area contributed by atoms with Crippen LogP contribution in [-0.2, 0) is 4.79 Å². The lowest BCUT2D eigenvalue weighted by Gasteiger charge is -2.26. The summed E-state index contributed by atoms with van der Waals surface area (Å²) in [6.45, 7) is 5.93. The molecule has 0 bridgehead atoms. The Bertz CT molecular complexity index is 793. The molecule has 7 nitrogen and oxygen atoms in total. The first-order valence-corrected chi connectivity index (χ1v) is 8.77. The number of carbonyl (C=O) groups excluding carboxylic acids is 1. The second-order valence-electron chi connectivity index (χ2n) is 6.65. The van der Waals surface area contributed by atoms with Crippen LogP contribution in [0.15, 0.2) is 48.5 Å². The Labute approximate surface area is 158 Å². The van der Waals surface area contributed by atoms with E-state index in [1.807, 2.05) is 30.3 Å². The minimum absolute atomic E-state index is 0.000968. The molecule has 0 aromatic heterocycles. The summed E-state index contributed by atoms with van der Waals surface area (Å²) in [5.41, 5.74) is 1.25. The number of hydrogen-bond donors (Lipinski definition) is 2. The number of rotatable bonds is 8. The minimum Gasteiger partial charge on any atom is -0.495 e. The maximum Gasteiger partial charge on any atom is 0.271 e. The first-order chi connectivity index (χ1) is 12.8. The van der Waals surface area contributed by atoms with E-state index in [-0.39, 0.29) is 29.2 Å². The van der Waals surface area contributed by atoms with Gasteiger partial charge in [-0.3, -0.25) is 20.2 Å². The molecule has 0 saturated heterocycles. The molecule has 0 heterocycles. The van der Waals surface area contributed by atoms with E-state index >= 15 is 0 Å². The lowest BCUT2D eigenvalue weighted by atomic mass is 9.95. The third kappa shape index (κ3) is 5.27. The topological polar surface area (TPSA) is 93.5 Å². The summed E-state index contributed by atoms with van der Waals surface area (Å²) in [6, 6.07) is 13.5. The van der Waals surface area contributed by atoms with E-state index in [0.29, 0.717) is 5.75 Å². The molecule has 0 radical (unpaired) electrons. The molecule has 0 fully saturated rings. The first kappa shape index (κ1) is 20.4. The molecule has 144 valence electrons. The summed E-state index contributed by atoms with van der Waals surface area (Å²) in [5, 5.41) is 17.1. The highest BCUT2D eigenvalue weighted by Crippen LogP contribution is 2.29. The van der Waals surface area contributed by atoms with E-state index in [1.54, 1.807) is 6.92 Å². The van der Waals surface area contributed by atoms with Gasteiger partial charge in [0.15, 0.2) is 0 Å². The summed E-state index contributed by atoms with van der Waals surface area (Å²) in [4.78, 5) is 23.1. The molecule has 0 aliphatic rings. The van der Waals surface area contributed by atoms with Gasteiger partial charge in [0, 0.05) is 18.2 Å². The second kappa shape index (κ2) is 9.14. The number of nitrogens with zero attached hydrogens (tertiary/aromatic N) is 1. The van der Waals surface area contributed by atoms with E-state index in [2.05, 4.69) is 24.5 Å². The van der Waals surface area contributed by atoms with E-state index in [0.717, 1.165) is 5.56 Å². The number of nitrogens with one attached hydrogen (secondary N) is 2. The van der Waals surface area contributed by atoms with Crippen molar-refractivity contribution in [2.45, 2.75) is 32.9 Å². The lowest BCUT2D eigenvalue weighted by molar-refractivity contribution is -0.384. The van der Waals surface area contributed by atoms with Gasteiger partial charge in [-0.1, -0.05) is 44.2 Å². The molecule has 0 aliphatic carbocycles. The Morgan fingerprint density at radius 2 is 1.78 bits per heavy atom. The first-order valence-electron chi connectivity index (χ1n) is 8.77. The summed E-state index contributed by atoms with van der Waals surface area (Å²) < 4.78 is 5.19. The van der Waals surface area contributed by atoms with Crippen LogP contribution >= 0.6 is 0 Å². The van der Waals surface area contributed by atoms with Gasteiger partial charge in [-0.15, -0.1) is 0 Å². The monoisotopic (exact) mass is 371 g/mol. The zero-order valence-corrected chi connectivity index (χ0v) is 15.9. The van der Waals surface area contributed by atoms with Crippen molar-refractivity contribution in [2.24, 2.45) is 5.92 Å². The quantitative estimate of drug-likeness (QED) is 0.542. The molecule has 2 aromatic carbocycles. The van der Waals surface area contributed by atoms with E-state index in [4.69, 9.17) is 4.74 Å². The fourth-order valence-corrected chi connectivity index (χ4v) is 2.83. The number of non-ortho nitro benzene ring substituents is 1. The summed E-state index contributed by atoms with van der Waals surface area (Å²) in [7, 11) is 1.45. The lowest BCUT2D eigenvalue weighted by Crippen LogP contribution is -2.41. The Hall–Kier alpha value is -2.93. The largest absolute Gasteiger partial charge is 0.495 e. The molecule has 7 heteroatoms. The van der Waals surface area contributed by atoms with Crippen molar-refractivity contribution in [1.29, 1.82) is 0 Å². The van der Waals surface area contributed by atoms with E-state index in [9.17, 15) is 14.9 Å². The Morgan fingerprint density at radius 3 is 2.33 bits per heavy atom. The molecule has 0 saturated carbocycles. The normalized spacial score (nSPS) is 13.1. The Kier molecular flexibility index (Phi) is 6.90. The molecule has 0 aliphatic heterocycles. The van der Waals surface area contributed by atoms with Crippen LogP contribution in [0.5, 0.6) is 5.75 Å². The zero-order valence-electron chi connectivity index (χ0n) is 15.9. The highest BCUT2D eigenvalue weighted by atomic mass is 16.6. The number of nitro benzene ring substituents is 1. The fraction of sp³-hybridized carbons (Fsp3) is 0.350. The third-order valence-corrected chi connectivity index (χ3v) is 4.30. The number of anilines is 1. The molecular formula is C20H25N3O4. The summed E-state index contributed by atoms with van der Waals surface area (Å²) in [6.07, 6.45) is 0. The molecule has 27 heavy (non-hydrogen) atoms. The molecule has 2 N–H and O–H groups in total. The summed E-state index contributed by atoms with van der Waals surface area (Å²) in [5.74, 6) is 0.343. The van der Waals surface area contributed by atoms with Gasteiger partial charge in [0.25, 0.3) is 5.69 Å². The molecule has 1 amide bonds. The van der Waals surface area contributed by atoms with Crippen LogP contribution in [0.25, 0.3) is 0 Å². The van der Waals surface area contributed by atoms with Gasteiger partial charge < -0.3 is 10.1 Å². The fourth-order valence-electron chi connectivity index (χ4n) is 2.83. The van der Waals surface area contributed by atoms with Gasteiger partial charge in [-0.25, -0.2) is 0 Å². The smallest absolute Gasteiger partial charge is 0.271 e. The van der Waals surface area contributed by atoms with Crippen molar-refractivity contribution in [1.82, 2.24) is 5.32 Å². The molecule has 0 unspecified atom stereocenters. The van der Waals surface area contributed by atoms with Crippen LogP contribution in [-0.4, -0.2) is 24.0 Å². The minimum atomic E-state index is -0.513. The summed E-state index contributed by atoms with van der Waals surface area (Å²) >= 11 is 0. The van der Waals surface area contributed by atoms with Crippen LogP contribution in [0.1, 0.15) is 32.4 Å². The van der Waals surface area contributed by atoms with Crippen molar-refractivity contribution in [3.8, 4) is 5.75 Å². The highest BCUT2D eigenvalue weighted by Gasteiger charge is 2.23. The SMILES string of the molecule is COc1ccc([N+](=O)[O-])cc1NC(=O)[C@@H](C)N[C@@H](c1ccccc1)C(C)C. The number of benzene rings is 2. The molecule has 0 spiro atoms. The Morgan fingerprint density at radius 1 is 1.11 bits per heavy atom. The van der Waals surface area contributed by atoms with Gasteiger partial charge in [-0.05, 0) is 24.5 Å². The number of carbonyl (C=O) groups is 1. The zero-order chi connectivity index (χ0) is 20.0. The van der Waals surface area contributed by atoms with Gasteiger partial charge in [0.1, 0.15) is 5.75 Å². The van der Waals surface area contributed by atoms with Gasteiger partial charge >= 0.3 is 0 Å². The standard InChI is InChI=1S/C20H25N3O4/c1-13(2)19(15-8-6-5-7-9-15)21-14(3)20(24)22-17-12-16(23(25)26)10-11-18(17)27-4/h5-14,19,21H,1-4H3,(H,22,24)/t14-,19-/m1/s1. The average Bonchev–Trinajstić information content (AvgIpc) is 2.66. The van der Waals surface area contributed by atoms with Crippen LogP contribution in [0.2, 0.25) is 0 Å². The molecule has 2 atom stereocenters. The molecular weight excluding hydrogens is 346 g/mol. The van der Waals surface area contributed by atoms with Crippen molar-refractivity contribution in [3.05, 3.63) is 64.2 Å². The van der Waals surface area contributed by atoms with Crippen molar-refractivity contribution >= 4 is 17.3 Å². The van der Waals surface area contributed by atoms with Crippen molar-refractivity contribution < 1.29 is 14.5 Å². The number of nitro groups is 1. The van der Waals surface area contributed by atoms with Crippen molar-refractivity contribution in [2.75, 3.05) is 12.4 Å². The van der Waals surface area contributed by atoms with E-state index in [1.165, 1.54) is 25.3 Å². The number of ether oxygens (including phenoxy) is 1. The molecule has 2 aromatic rings. The van der Waals surface area contributed by atoms with Gasteiger partial charge in [0.05, 0.1) is 23.8 Å². The number of amides is 1. The van der Waals surface area contributed by atoms with Crippen LogP contribution in [0.3, 0.4) is 0 Å². The van der Waals surface area contributed by atoms with Crippen LogP contribution in [0.4, 0.5) is 11.4 Å². The third-order valence-electron chi connectivity index (χ3n) is 4.30. The second-order valence-corrected chi connectivity index (χ2v) is 6.65. The predicted octanol–water partition coefficient (Wildman–Crippen LogP) is 3.92. The van der Waals surface area contributed by atoms with Crippen LogP contribution in [0, 0.1) is 16.0 Å². The maximum absolute atomic E-state index is 12.7. The van der Waals surface area contributed by atoms with Crippen molar-refractivity contribution in [3.63, 3.8) is 0 Å². The number of hydrogen-bond acceptors (Lipinski definition) is 5. The Balaban J connectivity index is 2.15. The molecule has 2 rings (SSSR count). The average molecular weight is 371 g/mol. The van der Waals surface area contributed by atoms with Crippen LogP contribution < -0.4 is 15.4 Å². The van der Waals surface area contributed by atoms with Gasteiger partial charge in [0.2, 0.25) is 5.91 Å². The van der Waals surface area contributed by atoms with Gasteiger partial charge in [-0.2, -0.15) is 0 Å².